The molecule has 11 heteroatoms. The molecule has 1 unspecified atom stereocenters. The number of hydrogen-bond donors (Lipinski definition) is 1. The normalized spacial score (nSPS) is 18.9. The van der Waals surface area contributed by atoms with Gasteiger partial charge in [-0.3, -0.25) is 9.59 Å². The van der Waals surface area contributed by atoms with Crippen molar-refractivity contribution in [2.24, 2.45) is 5.41 Å². The van der Waals surface area contributed by atoms with Crippen LogP contribution in [0.5, 0.6) is 5.88 Å². The van der Waals surface area contributed by atoms with E-state index < -0.39 is 41.6 Å². The van der Waals surface area contributed by atoms with Crippen LogP contribution in [0.3, 0.4) is 0 Å². The first-order valence-corrected chi connectivity index (χ1v) is 9.14. The molecule has 1 fully saturated rings. The number of carbonyl (C=O) groups excluding carboxylic acids is 2. The van der Waals surface area contributed by atoms with E-state index in [1.165, 1.54) is 18.3 Å². The summed E-state index contributed by atoms with van der Waals surface area (Å²) in [6.45, 7) is -0.0776. The third-order valence-electron chi connectivity index (χ3n) is 4.69. The lowest BCUT2D eigenvalue weighted by atomic mass is 9.88. The summed E-state index contributed by atoms with van der Waals surface area (Å²) in [5.41, 5.74) is -0.708. The number of nitrogens with one attached hydrogen (secondary N) is 1. The van der Waals surface area contributed by atoms with Gasteiger partial charge in [0.15, 0.2) is 6.61 Å². The molecule has 0 aliphatic carbocycles. The smallest absolute Gasteiger partial charge is 0.422 e. The molecule has 166 valence electrons. The summed E-state index contributed by atoms with van der Waals surface area (Å²) >= 11 is 0. The van der Waals surface area contributed by atoms with Crippen LogP contribution in [0, 0.1) is 17.0 Å². The highest BCUT2D eigenvalue weighted by Gasteiger charge is 2.45. The first kappa shape index (κ1) is 22.4. The fourth-order valence-corrected chi connectivity index (χ4v) is 3.20. The molecule has 0 spiro atoms. The fraction of sp³-hybridized carbons (Fsp3) is 0.350. The van der Waals surface area contributed by atoms with Crippen molar-refractivity contribution in [2.75, 3.05) is 18.1 Å². The van der Waals surface area contributed by atoms with Gasteiger partial charge in [-0.15, -0.1) is 0 Å². The molecule has 1 aliphatic heterocycles. The third-order valence-corrected chi connectivity index (χ3v) is 4.69. The second-order valence-corrected chi connectivity index (χ2v) is 7.43. The molecule has 31 heavy (non-hydrogen) atoms. The van der Waals surface area contributed by atoms with Crippen molar-refractivity contribution < 1.29 is 36.3 Å². The molecule has 0 radical (unpaired) electrons. The first-order chi connectivity index (χ1) is 14.4. The monoisotopic (exact) mass is 443 g/mol. The predicted octanol–water partition coefficient (Wildman–Crippen LogP) is 3.36. The third kappa shape index (κ3) is 5.68. The second kappa shape index (κ2) is 8.48. The van der Waals surface area contributed by atoms with Crippen LogP contribution in [-0.4, -0.2) is 36.1 Å². The molecule has 6 nitrogen and oxygen atoms in total. The maximum atomic E-state index is 13.5. The number of nitrogens with zero attached hydrogens (tertiary/aromatic N) is 2. The number of amides is 2. The predicted molar refractivity (Wildman–Crippen MR) is 99.1 cm³/mol. The van der Waals surface area contributed by atoms with E-state index in [0.29, 0.717) is 11.6 Å². The number of aromatic nitrogens is 1. The van der Waals surface area contributed by atoms with Crippen molar-refractivity contribution in [3.8, 4) is 5.88 Å². The van der Waals surface area contributed by atoms with E-state index in [2.05, 4.69) is 15.0 Å². The summed E-state index contributed by atoms with van der Waals surface area (Å²) < 4.78 is 68.3. The highest BCUT2D eigenvalue weighted by atomic mass is 19.4. The lowest BCUT2D eigenvalue weighted by molar-refractivity contribution is -0.154. The number of rotatable bonds is 6. The zero-order valence-corrected chi connectivity index (χ0v) is 16.3. The molecule has 0 saturated carbocycles. The molecule has 3 rings (SSSR count). The first-order valence-electron chi connectivity index (χ1n) is 9.14. The number of anilines is 1. The van der Waals surface area contributed by atoms with Gasteiger partial charge in [0, 0.05) is 43.5 Å². The Balaban J connectivity index is 1.63. The van der Waals surface area contributed by atoms with E-state index in [4.69, 9.17) is 0 Å². The standard InChI is InChI=1S/C20H18F5N3O3/c1-19(8-17(29)28(10-19)15-6-13(21)5-14(22)7-15)18(30)27-9-12-2-3-26-16(4-12)31-11-20(23,24)25/h2-7H,8-11H2,1H3,(H,27,30). The number of carbonyl (C=O) groups is 2. The number of hydrogen-bond acceptors (Lipinski definition) is 4. The van der Waals surface area contributed by atoms with Gasteiger partial charge in [-0.1, -0.05) is 0 Å². The van der Waals surface area contributed by atoms with Crippen LogP contribution in [0.25, 0.3) is 0 Å². The van der Waals surface area contributed by atoms with Crippen molar-refractivity contribution in [3.05, 3.63) is 53.7 Å². The lowest BCUT2D eigenvalue weighted by Gasteiger charge is -2.23. The van der Waals surface area contributed by atoms with Gasteiger partial charge in [0.25, 0.3) is 0 Å². The molecule has 2 amide bonds. The number of benzene rings is 1. The van der Waals surface area contributed by atoms with Crippen molar-refractivity contribution in [1.29, 1.82) is 0 Å². The Labute approximate surface area is 174 Å². The molecule has 1 atom stereocenters. The van der Waals surface area contributed by atoms with E-state index in [1.807, 2.05) is 0 Å². The molecule has 2 heterocycles. The van der Waals surface area contributed by atoms with Gasteiger partial charge in [0.1, 0.15) is 11.6 Å². The molecule has 0 bridgehead atoms. The number of ether oxygens (including phenoxy) is 1. The van der Waals surface area contributed by atoms with Crippen molar-refractivity contribution in [2.45, 2.75) is 26.1 Å². The van der Waals surface area contributed by atoms with Crippen molar-refractivity contribution in [1.82, 2.24) is 10.3 Å². The largest absolute Gasteiger partial charge is 0.468 e. The van der Waals surface area contributed by atoms with E-state index >= 15 is 0 Å². The van der Waals surface area contributed by atoms with Crippen LogP contribution in [0.15, 0.2) is 36.5 Å². The molecule has 1 aromatic heterocycles. The van der Waals surface area contributed by atoms with Crippen molar-refractivity contribution >= 4 is 17.5 Å². The second-order valence-electron chi connectivity index (χ2n) is 7.43. The Bertz CT molecular complexity index is 978. The average Bonchev–Trinajstić information content (AvgIpc) is 2.99. The lowest BCUT2D eigenvalue weighted by Crippen LogP contribution is -2.40. The van der Waals surface area contributed by atoms with Crippen LogP contribution in [-0.2, 0) is 16.1 Å². The zero-order valence-electron chi connectivity index (χ0n) is 16.3. The van der Waals surface area contributed by atoms with Crippen molar-refractivity contribution in [3.63, 3.8) is 0 Å². The molecule has 1 saturated heterocycles. The van der Waals surface area contributed by atoms with Gasteiger partial charge in [-0.25, -0.2) is 13.8 Å². The van der Waals surface area contributed by atoms with Gasteiger partial charge >= 0.3 is 6.18 Å². The maximum absolute atomic E-state index is 13.5. The van der Waals surface area contributed by atoms with Crippen LogP contribution in [0.4, 0.5) is 27.6 Å². The van der Waals surface area contributed by atoms with E-state index in [9.17, 15) is 31.5 Å². The minimum atomic E-state index is -4.51. The highest BCUT2D eigenvalue weighted by Crippen LogP contribution is 2.35. The Morgan fingerprint density at radius 2 is 1.90 bits per heavy atom. The minimum Gasteiger partial charge on any atom is -0.468 e. The average molecular weight is 443 g/mol. The molecule has 1 N–H and O–H groups in total. The summed E-state index contributed by atoms with van der Waals surface area (Å²) in [4.78, 5) is 29.9. The zero-order chi connectivity index (χ0) is 22.8. The van der Waals surface area contributed by atoms with E-state index in [1.54, 1.807) is 6.92 Å². The maximum Gasteiger partial charge on any atom is 0.422 e. The number of halogens is 5. The van der Waals surface area contributed by atoms with Gasteiger partial charge in [0.2, 0.25) is 17.7 Å². The SMILES string of the molecule is CC1(C(=O)NCc2ccnc(OCC(F)(F)F)c2)CC(=O)N(c2cc(F)cc(F)c2)C1. The minimum absolute atomic E-state index is 0.0135. The molecule has 1 aliphatic rings. The summed E-state index contributed by atoms with van der Waals surface area (Å²) in [5, 5.41) is 2.62. The number of alkyl halides is 3. The Hall–Kier alpha value is -3.24. The van der Waals surface area contributed by atoms with Gasteiger partial charge in [-0.05, 0) is 30.7 Å². The summed E-state index contributed by atoms with van der Waals surface area (Å²) in [6.07, 6.45) is -3.44. The summed E-state index contributed by atoms with van der Waals surface area (Å²) in [7, 11) is 0. The Morgan fingerprint density at radius 3 is 2.55 bits per heavy atom. The van der Waals surface area contributed by atoms with E-state index in [-0.39, 0.29) is 31.1 Å². The summed E-state index contributed by atoms with van der Waals surface area (Å²) in [6, 6.07) is 5.44. The number of pyridine rings is 1. The fourth-order valence-electron chi connectivity index (χ4n) is 3.20. The van der Waals surface area contributed by atoms with Crippen LogP contribution >= 0.6 is 0 Å². The molecular formula is C20H18F5N3O3. The summed E-state index contributed by atoms with van der Waals surface area (Å²) in [5.74, 6) is -2.89. The molecule has 2 aromatic rings. The van der Waals surface area contributed by atoms with Gasteiger partial charge < -0.3 is 15.0 Å². The van der Waals surface area contributed by atoms with Crippen LogP contribution in [0.2, 0.25) is 0 Å². The van der Waals surface area contributed by atoms with Crippen LogP contribution < -0.4 is 15.0 Å². The van der Waals surface area contributed by atoms with Gasteiger partial charge in [0.05, 0.1) is 5.41 Å². The molecular weight excluding hydrogens is 425 g/mol. The van der Waals surface area contributed by atoms with Crippen LogP contribution in [0.1, 0.15) is 18.9 Å². The van der Waals surface area contributed by atoms with Gasteiger partial charge in [-0.2, -0.15) is 13.2 Å². The Morgan fingerprint density at radius 1 is 1.23 bits per heavy atom. The highest BCUT2D eigenvalue weighted by molar-refractivity contribution is 6.02. The quantitative estimate of drug-likeness (QED) is 0.696. The van der Waals surface area contributed by atoms with E-state index in [0.717, 1.165) is 17.0 Å². The molecule has 1 aromatic carbocycles. The topological polar surface area (TPSA) is 71.5 Å². The Kier molecular flexibility index (Phi) is 6.14.